The molecular weight excluding hydrogens is 242 g/mol. The van der Waals surface area contributed by atoms with Gasteiger partial charge >= 0.3 is 5.97 Å². The summed E-state index contributed by atoms with van der Waals surface area (Å²) in [5, 5.41) is 9.27. The van der Waals surface area contributed by atoms with E-state index in [1.54, 1.807) is 18.2 Å². The number of hydrogen-bond donors (Lipinski definition) is 1. The van der Waals surface area contributed by atoms with E-state index in [0.717, 1.165) is 5.56 Å². The van der Waals surface area contributed by atoms with E-state index in [9.17, 15) is 9.59 Å². The quantitative estimate of drug-likeness (QED) is 0.875. The summed E-state index contributed by atoms with van der Waals surface area (Å²) in [5.74, 6) is -1.44. The maximum atomic E-state index is 11.9. The Morgan fingerprint density at radius 1 is 1.41 bits per heavy atom. The van der Waals surface area contributed by atoms with Crippen molar-refractivity contribution in [2.75, 3.05) is 13.1 Å². The Morgan fingerprint density at radius 3 is 2.59 bits per heavy atom. The van der Waals surface area contributed by atoms with E-state index in [-0.39, 0.29) is 19.0 Å². The highest BCUT2D eigenvalue weighted by Gasteiger charge is 2.35. The molecule has 0 aromatic heterocycles. The van der Waals surface area contributed by atoms with Gasteiger partial charge in [-0.15, -0.1) is 0 Å². The average Bonchev–Trinajstić information content (AvgIpc) is 2.19. The lowest BCUT2D eigenvalue weighted by Gasteiger charge is -2.36. The van der Waals surface area contributed by atoms with Gasteiger partial charge in [-0.1, -0.05) is 17.7 Å². The number of likely N-dealkylation sites (tertiary alicyclic amines) is 1. The first-order valence-electron chi connectivity index (χ1n) is 5.27. The molecule has 17 heavy (non-hydrogen) atoms. The van der Waals surface area contributed by atoms with Crippen molar-refractivity contribution >= 4 is 23.5 Å². The van der Waals surface area contributed by atoms with Crippen molar-refractivity contribution in [3.8, 4) is 0 Å². The van der Waals surface area contributed by atoms with Crippen LogP contribution in [0, 0.1) is 12.8 Å². The molecule has 1 aromatic carbocycles. The second-order valence-electron chi connectivity index (χ2n) is 4.21. The zero-order valence-corrected chi connectivity index (χ0v) is 10.1. The van der Waals surface area contributed by atoms with Crippen molar-refractivity contribution in [3.05, 3.63) is 34.3 Å². The smallest absolute Gasteiger partial charge is 0.310 e. The largest absolute Gasteiger partial charge is 0.481 e. The van der Waals surface area contributed by atoms with E-state index >= 15 is 0 Å². The molecule has 0 aliphatic carbocycles. The molecule has 1 aliphatic heterocycles. The van der Waals surface area contributed by atoms with Gasteiger partial charge in [0.25, 0.3) is 5.91 Å². The van der Waals surface area contributed by atoms with Gasteiger partial charge in [0.1, 0.15) is 0 Å². The summed E-state index contributed by atoms with van der Waals surface area (Å²) in [4.78, 5) is 24.1. The molecule has 0 atom stereocenters. The number of hydrogen-bond acceptors (Lipinski definition) is 2. The van der Waals surface area contributed by atoms with Gasteiger partial charge in [-0.25, -0.2) is 0 Å². The third-order valence-corrected chi connectivity index (χ3v) is 3.34. The fraction of sp³-hybridized carbons (Fsp3) is 0.333. The van der Waals surface area contributed by atoms with Crippen LogP contribution < -0.4 is 0 Å². The average molecular weight is 254 g/mol. The molecule has 0 spiro atoms. The summed E-state index contributed by atoms with van der Waals surface area (Å²) in [5.41, 5.74) is 1.42. The van der Waals surface area contributed by atoms with Crippen LogP contribution >= 0.6 is 11.6 Å². The van der Waals surface area contributed by atoms with Crippen molar-refractivity contribution in [2.24, 2.45) is 5.92 Å². The molecule has 2 rings (SSSR count). The Balaban J connectivity index is 2.06. The number of halogens is 1. The number of aryl methyl sites for hydroxylation is 1. The Bertz CT molecular complexity index is 481. The molecule has 1 aliphatic rings. The molecule has 4 nitrogen and oxygen atoms in total. The summed E-state index contributed by atoms with van der Waals surface area (Å²) in [6.07, 6.45) is 0. The van der Waals surface area contributed by atoms with Crippen molar-refractivity contribution in [1.82, 2.24) is 4.90 Å². The topological polar surface area (TPSA) is 57.6 Å². The summed E-state index contributed by atoms with van der Waals surface area (Å²) in [7, 11) is 0. The molecule has 1 N–H and O–H groups in total. The maximum Gasteiger partial charge on any atom is 0.310 e. The van der Waals surface area contributed by atoms with Crippen LogP contribution in [0.2, 0.25) is 5.02 Å². The van der Waals surface area contributed by atoms with Crippen LogP contribution in [-0.4, -0.2) is 35.0 Å². The number of carbonyl (C=O) groups excluding carboxylic acids is 1. The van der Waals surface area contributed by atoms with Crippen LogP contribution in [0.4, 0.5) is 0 Å². The van der Waals surface area contributed by atoms with Gasteiger partial charge in [-0.3, -0.25) is 9.59 Å². The third-order valence-electron chi connectivity index (χ3n) is 2.94. The molecule has 5 heteroatoms. The molecule has 0 radical (unpaired) electrons. The first-order chi connectivity index (χ1) is 7.99. The van der Waals surface area contributed by atoms with Crippen molar-refractivity contribution in [2.45, 2.75) is 6.92 Å². The number of amides is 1. The Morgan fingerprint density at radius 2 is 2.06 bits per heavy atom. The van der Waals surface area contributed by atoms with Crippen LogP contribution in [0.15, 0.2) is 18.2 Å². The standard InChI is InChI=1S/C12H12ClNO3/c1-7-2-3-8(4-10(7)13)11(15)14-5-9(6-14)12(16)17/h2-4,9H,5-6H2,1H3,(H,16,17). The van der Waals surface area contributed by atoms with Crippen molar-refractivity contribution < 1.29 is 14.7 Å². The van der Waals surface area contributed by atoms with Gasteiger partial charge in [0.05, 0.1) is 5.92 Å². The number of nitrogens with zero attached hydrogens (tertiary/aromatic N) is 1. The van der Waals surface area contributed by atoms with E-state index in [2.05, 4.69) is 0 Å². The van der Waals surface area contributed by atoms with Gasteiger partial charge in [0, 0.05) is 23.7 Å². The third kappa shape index (κ3) is 2.26. The molecule has 1 saturated heterocycles. The number of carboxylic acid groups (broad SMARTS) is 1. The first-order valence-corrected chi connectivity index (χ1v) is 5.65. The van der Waals surface area contributed by atoms with E-state index < -0.39 is 11.9 Å². The molecule has 1 aromatic rings. The van der Waals surface area contributed by atoms with Crippen LogP contribution in [0.1, 0.15) is 15.9 Å². The van der Waals surface area contributed by atoms with Gasteiger partial charge < -0.3 is 10.0 Å². The molecular formula is C12H12ClNO3. The number of carboxylic acids is 1. The van der Waals surface area contributed by atoms with Crippen LogP contribution in [-0.2, 0) is 4.79 Å². The van der Waals surface area contributed by atoms with Crippen LogP contribution in [0.5, 0.6) is 0 Å². The maximum absolute atomic E-state index is 11.9. The fourth-order valence-corrected chi connectivity index (χ4v) is 1.89. The summed E-state index contributed by atoms with van der Waals surface area (Å²) < 4.78 is 0. The highest BCUT2D eigenvalue weighted by Crippen LogP contribution is 2.22. The molecule has 1 amide bonds. The lowest BCUT2D eigenvalue weighted by Crippen LogP contribution is -2.53. The minimum absolute atomic E-state index is 0.163. The molecule has 90 valence electrons. The monoisotopic (exact) mass is 253 g/mol. The molecule has 0 saturated carbocycles. The van der Waals surface area contributed by atoms with Crippen molar-refractivity contribution in [3.63, 3.8) is 0 Å². The lowest BCUT2D eigenvalue weighted by molar-refractivity contribution is -0.146. The zero-order chi connectivity index (χ0) is 12.6. The van der Waals surface area contributed by atoms with E-state index in [1.165, 1.54) is 4.90 Å². The van der Waals surface area contributed by atoms with E-state index in [0.29, 0.717) is 10.6 Å². The highest BCUT2D eigenvalue weighted by atomic mass is 35.5. The van der Waals surface area contributed by atoms with E-state index in [4.69, 9.17) is 16.7 Å². The number of aliphatic carboxylic acids is 1. The molecule has 1 heterocycles. The number of rotatable bonds is 2. The van der Waals surface area contributed by atoms with Crippen LogP contribution in [0.25, 0.3) is 0 Å². The second kappa shape index (κ2) is 4.37. The van der Waals surface area contributed by atoms with Gasteiger partial charge in [-0.2, -0.15) is 0 Å². The first kappa shape index (κ1) is 11.9. The summed E-state index contributed by atoms with van der Waals surface area (Å²) >= 11 is 5.94. The normalized spacial score (nSPS) is 15.5. The summed E-state index contributed by atoms with van der Waals surface area (Å²) in [6, 6.07) is 5.11. The minimum atomic E-state index is -0.851. The predicted molar refractivity (Wildman–Crippen MR) is 63.2 cm³/mol. The fourth-order valence-electron chi connectivity index (χ4n) is 1.71. The number of benzene rings is 1. The molecule has 0 unspecified atom stereocenters. The predicted octanol–water partition coefficient (Wildman–Crippen LogP) is 1.81. The summed E-state index contributed by atoms with van der Waals surface area (Å²) in [6.45, 7) is 2.42. The Hall–Kier alpha value is -1.55. The van der Waals surface area contributed by atoms with E-state index in [1.807, 2.05) is 6.92 Å². The zero-order valence-electron chi connectivity index (χ0n) is 9.31. The van der Waals surface area contributed by atoms with Gasteiger partial charge in [0.2, 0.25) is 0 Å². The molecule has 0 bridgehead atoms. The minimum Gasteiger partial charge on any atom is -0.481 e. The Labute approximate surface area is 104 Å². The van der Waals surface area contributed by atoms with Crippen LogP contribution in [0.3, 0.4) is 0 Å². The van der Waals surface area contributed by atoms with Crippen molar-refractivity contribution in [1.29, 1.82) is 0 Å². The highest BCUT2D eigenvalue weighted by molar-refractivity contribution is 6.31. The second-order valence-corrected chi connectivity index (χ2v) is 4.62. The Kier molecular flexibility index (Phi) is 3.07. The lowest BCUT2D eigenvalue weighted by atomic mass is 9.99. The molecule has 1 fully saturated rings. The van der Waals surface area contributed by atoms with Gasteiger partial charge in [-0.05, 0) is 24.6 Å². The van der Waals surface area contributed by atoms with Gasteiger partial charge in [0.15, 0.2) is 0 Å². The number of carbonyl (C=O) groups is 2. The SMILES string of the molecule is Cc1ccc(C(=O)N2CC(C(=O)O)C2)cc1Cl.